The Bertz CT molecular complexity index is 670. The number of aromatic nitrogens is 3. The highest BCUT2D eigenvalue weighted by atomic mass is 19.4. The molecule has 0 aromatic carbocycles. The first-order chi connectivity index (χ1) is 11.0. The number of rotatable bonds is 4. The Labute approximate surface area is 131 Å². The lowest BCUT2D eigenvalue weighted by Crippen LogP contribution is -2.26. The SMILES string of the molecule is FC(F)(F)c1ccc(CCNc2ncnc3c2CNCC3)cn1. The van der Waals surface area contributed by atoms with Crippen LogP contribution in [-0.4, -0.2) is 28.0 Å². The molecule has 0 aliphatic carbocycles. The van der Waals surface area contributed by atoms with Gasteiger partial charge in [-0.15, -0.1) is 0 Å². The number of halogens is 3. The Hall–Kier alpha value is -2.22. The average Bonchev–Trinajstić information content (AvgIpc) is 2.55. The largest absolute Gasteiger partial charge is 0.433 e. The predicted octanol–water partition coefficient (Wildman–Crippen LogP) is 2.19. The summed E-state index contributed by atoms with van der Waals surface area (Å²) in [7, 11) is 0. The van der Waals surface area contributed by atoms with E-state index in [9.17, 15) is 13.2 Å². The van der Waals surface area contributed by atoms with E-state index in [4.69, 9.17) is 0 Å². The van der Waals surface area contributed by atoms with Crippen LogP contribution in [0.4, 0.5) is 19.0 Å². The van der Waals surface area contributed by atoms with Crippen LogP contribution in [0.3, 0.4) is 0 Å². The minimum absolute atomic E-state index is 0.566. The first-order valence-corrected chi connectivity index (χ1v) is 7.33. The summed E-state index contributed by atoms with van der Waals surface area (Å²) in [6, 6.07) is 2.46. The summed E-state index contributed by atoms with van der Waals surface area (Å²) < 4.78 is 37.4. The van der Waals surface area contributed by atoms with Crippen LogP contribution in [0.5, 0.6) is 0 Å². The van der Waals surface area contributed by atoms with Gasteiger partial charge < -0.3 is 10.6 Å². The Morgan fingerprint density at radius 1 is 1.17 bits per heavy atom. The molecular formula is C15H16F3N5. The third kappa shape index (κ3) is 3.76. The third-order valence-electron chi connectivity index (χ3n) is 3.70. The Morgan fingerprint density at radius 3 is 2.78 bits per heavy atom. The van der Waals surface area contributed by atoms with Crippen molar-refractivity contribution in [2.75, 3.05) is 18.4 Å². The fourth-order valence-electron chi connectivity index (χ4n) is 2.49. The molecule has 8 heteroatoms. The first-order valence-electron chi connectivity index (χ1n) is 7.33. The van der Waals surface area contributed by atoms with Gasteiger partial charge >= 0.3 is 6.18 Å². The lowest BCUT2D eigenvalue weighted by Gasteiger charge is -2.19. The van der Waals surface area contributed by atoms with Crippen LogP contribution in [0.2, 0.25) is 0 Å². The molecule has 2 aromatic rings. The van der Waals surface area contributed by atoms with Crippen LogP contribution in [-0.2, 0) is 25.6 Å². The molecule has 0 unspecified atom stereocenters. The summed E-state index contributed by atoms with van der Waals surface area (Å²) in [5.74, 6) is 0.780. The van der Waals surface area contributed by atoms with Crippen molar-refractivity contribution in [1.82, 2.24) is 20.3 Å². The molecule has 1 aliphatic rings. The maximum atomic E-state index is 12.5. The molecule has 0 fully saturated rings. The Balaban J connectivity index is 1.60. The minimum atomic E-state index is -4.40. The van der Waals surface area contributed by atoms with Crippen molar-refractivity contribution in [2.24, 2.45) is 0 Å². The minimum Gasteiger partial charge on any atom is -0.369 e. The van der Waals surface area contributed by atoms with Gasteiger partial charge in [0.05, 0.1) is 5.69 Å². The van der Waals surface area contributed by atoms with E-state index in [2.05, 4.69) is 25.6 Å². The van der Waals surface area contributed by atoms with Gasteiger partial charge in [0.25, 0.3) is 0 Å². The quantitative estimate of drug-likeness (QED) is 0.903. The van der Waals surface area contributed by atoms with Gasteiger partial charge in [-0.1, -0.05) is 6.07 Å². The van der Waals surface area contributed by atoms with Crippen molar-refractivity contribution in [3.05, 3.63) is 47.2 Å². The zero-order valence-corrected chi connectivity index (χ0v) is 12.3. The summed E-state index contributed by atoms with van der Waals surface area (Å²) in [5, 5.41) is 6.50. The van der Waals surface area contributed by atoms with Crippen molar-refractivity contribution in [1.29, 1.82) is 0 Å². The summed E-state index contributed by atoms with van der Waals surface area (Å²) >= 11 is 0. The molecular weight excluding hydrogens is 307 g/mol. The molecule has 0 amide bonds. The molecule has 0 atom stereocenters. The molecule has 3 rings (SSSR count). The van der Waals surface area contributed by atoms with E-state index in [-0.39, 0.29) is 0 Å². The van der Waals surface area contributed by atoms with Crippen LogP contribution in [0.1, 0.15) is 22.5 Å². The molecule has 23 heavy (non-hydrogen) atoms. The van der Waals surface area contributed by atoms with Crippen LogP contribution in [0.15, 0.2) is 24.7 Å². The van der Waals surface area contributed by atoms with Gasteiger partial charge in [-0.3, -0.25) is 4.98 Å². The summed E-state index contributed by atoms with van der Waals surface area (Å²) in [6.07, 6.45) is -0.163. The molecule has 3 heterocycles. The fraction of sp³-hybridized carbons (Fsp3) is 0.400. The second-order valence-electron chi connectivity index (χ2n) is 5.30. The third-order valence-corrected chi connectivity index (χ3v) is 3.70. The second kappa shape index (κ2) is 6.49. The number of hydrogen-bond donors (Lipinski definition) is 2. The van der Waals surface area contributed by atoms with Gasteiger partial charge in [0.15, 0.2) is 0 Å². The summed E-state index contributed by atoms with van der Waals surface area (Å²) in [5.41, 5.74) is 1.97. The molecule has 2 aromatic heterocycles. The number of nitrogens with zero attached hydrogens (tertiary/aromatic N) is 3. The topological polar surface area (TPSA) is 62.7 Å². The van der Waals surface area contributed by atoms with Crippen molar-refractivity contribution in [3.8, 4) is 0 Å². The highest BCUT2D eigenvalue weighted by Gasteiger charge is 2.31. The van der Waals surface area contributed by atoms with E-state index in [1.807, 2.05) is 0 Å². The molecule has 0 radical (unpaired) electrons. The summed E-state index contributed by atoms with van der Waals surface area (Å²) in [4.78, 5) is 12.0. The lowest BCUT2D eigenvalue weighted by atomic mass is 10.1. The number of nitrogens with one attached hydrogen (secondary N) is 2. The predicted molar refractivity (Wildman–Crippen MR) is 78.9 cm³/mol. The molecule has 1 aliphatic heterocycles. The Kier molecular flexibility index (Phi) is 4.42. The number of fused-ring (bicyclic) bond motifs is 1. The lowest BCUT2D eigenvalue weighted by molar-refractivity contribution is -0.141. The van der Waals surface area contributed by atoms with Gasteiger partial charge in [0.1, 0.15) is 17.8 Å². The standard InChI is InChI=1S/C15H16F3N5/c16-15(17,18)13-2-1-10(7-21-13)3-6-20-14-11-8-19-5-4-12(11)22-9-23-14/h1-2,7,9,19H,3-6,8H2,(H,20,22,23). The number of anilines is 1. The van der Waals surface area contributed by atoms with E-state index in [0.717, 1.165) is 48.2 Å². The van der Waals surface area contributed by atoms with Gasteiger partial charge in [-0.05, 0) is 18.1 Å². The smallest absolute Gasteiger partial charge is 0.369 e. The van der Waals surface area contributed by atoms with Gasteiger partial charge in [0, 0.05) is 37.8 Å². The Morgan fingerprint density at radius 2 is 2.04 bits per heavy atom. The van der Waals surface area contributed by atoms with Crippen LogP contribution in [0, 0.1) is 0 Å². The van der Waals surface area contributed by atoms with E-state index in [0.29, 0.717) is 13.0 Å². The molecule has 0 saturated carbocycles. The van der Waals surface area contributed by atoms with Crippen molar-refractivity contribution in [2.45, 2.75) is 25.6 Å². The van der Waals surface area contributed by atoms with Crippen LogP contribution < -0.4 is 10.6 Å². The van der Waals surface area contributed by atoms with Crippen LogP contribution >= 0.6 is 0 Å². The van der Waals surface area contributed by atoms with Crippen molar-refractivity contribution < 1.29 is 13.2 Å². The van der Waals surface area contributed by atoms with Crippen molar-refractivity contribution >= 4 is 5.82 Å². The molecule has 122 valence electrons. The molecule has 2 N–H and O–H groups in total. The fourth-order valence-corrected chi connectivity index (χ4v) is 2.49. The normalized spacial score (nSPS) is 14.4. The second-order valence-corrected chi connectivity index (χ2v) is 5.30. The average molecular weight is 323 g/mol. The number of pyridine rings is 1. The molecule has 0 saturated heterocycles. The van der Waals surface area contributed by atoms with E-state index < -0.39 is 11.9 Å². The monoisotopic (exact) mass is 323 g/mol. The maximum Gasteiger partial charge on any atom is 0.433 e. The van der Waals surface area contributed by atoms with Gasteiger partial charge in [-0.25, -0.2) is 9.97 Å². The van der Waals surface area contributed by atoms with Gasteiger partial charge in [0.2, 0.25) is 0 Å². The zero-order valence-electron chi connectivity index (χ0n) is 12.3. The molecule has 0 spiro atoms. The van der Waals surface area contributed by atoms with Crippen LogP contribution in [0.25, 0.3) is 0 Å². The maximum absolute atomic E-state index is 12.5. The van der Waals surface area contributed by atoms with Crippen molar-refractivity contribution in [3.63, 3.8) is 0 Å². The highest BCUT2D eigenvalue weighted by molar-refractivity contribution is 5.46. The highest BCUT2D eigenvalue weighted by Crippen LogP contribution is 2.27. The van der Waals surface area contributed by atoms with Gasteiger partial charge in [-0.2, -0.15) is 13.2 Å². The molecule has 5 nitrogen and oxygen atoms in total. The summed E-state index contributed by atoms with van der Waals surface area (Å²) in [6.45, 7) is 2.19. The molecule has 0 bridgehead atoms. The number of hydrogen-bond acceptors (Lipinski definition) is 5. The van der Waals surface area contributed by atoms with E-state index in [1.165, 1.54) is 18.6 Å². The number of alkyl halides is 3. The van der Waals surface area contributed by atoms with E-state index in [1.54, 1.807) is 0 Å². The zero-order chi connectivity index (χ0) is 16.3. The van der Waals surface area contributed by atoms with E-state index >= 15 is 0 Å². The first kappa shape index (κ1) is 15.7.